The maximum atomic E-state index is 12.4. The Bertz CT molecular complexity index is 1340. The number of aromatic carboxylic acids is 1. The molecule has 33 heavy (non-hydrogen) atoms. The van der Waals surface area contributed by atoms with Crippen molar-refractivity contribution in [2.75, 3.05) is 0 Å². The lowest BCUT2D eigenvalue weighted by Crippen LogP contribution is -2.09. The molecule has 3 heterocycles. The number of halogens is 2. The van der Waals surface area contributed by atoms with Crippen molar-refractivity contribution in [3.8, 4) is 27.5 Å². The van der Waals surface area contributed by atoms with Gasteiger partial charge in [0.1, 0.15) is 0 Å². The fourth-order valence-corrected chi connectivity index (χ4v) is 6.16. The van der Waals surface area contributed by atoms with E-state index in [0.717, 1.165) is 15.5 Å². The number of carboxylic acids is 1. The SMILES string of the molecule is CCn1cc(-c2c(C)nn(-c3nc(-c4ccc(Cl)c(Cl)c4)c(SC(C)C)s3)c2C(=O)O)cn1. The predicted octanol–water partition coefficient (Wildman–Crippen LogP) is 6.69. The van der Waals surface area contributed by atoms with Gasteiger partial charge in [-0.25, -0.2) is 9.78 Å². The van der Waals surface area contributed by atoms with Gasteiger partial charge in [-0.05, 0) is 26.0 Å². The average Bonchev–Trinajstić information content (AvgIpc) is 3.46. The molecule has 4 rings (SSSR count). The van der Waals surface area contributed by atoms with E-state index in [1.807, 2.05) is 19.2 Å². The zero-order valence-electron chi connectivity index (χ0n) is 18.3. The van der Waals surface area contributed by atoms with Crippen LogP contribution in [0.5, 0.6) is 0 Å². The average molecular weight is 522 g/mol. The number of aromatic nitrogens is 5. The van der Waals surface area contributed by atoms with Gasteiger partial charge in [-0.3, -0.25) is 4.68 Å². The molecule has 0 radical (unpaired) electrons. The highest BCUT2D eigenvalue weighted by Crippen LogP contribution is 2.42. The molecule has 3 aromatic heterocycles. The largest absolute Gasteiger partial charge is 0.476 e. The van der Waals surface area contributed by atoms with Gasteiger partial charge in [-0.15, -0.1) is 11.8 Å². The second-order valence-corrected chi connectivity index (χ2v) is 11.2. The van der Waals surface area contributed by atoms with Gasteiger partial charge >= 0.3 is 5.97 Å². The molecule has 4 aromatic rings. The van der Waals surface area contributed by atoms with E-state index in [1.54, 1.807) is 41.7 Å². The standard InChI is InChI=1S/C22H21Cl2N5O2S2/c1-5-28-10-14(9-25-28)17-12(4)27-29(19(17)20(30)31)22-26-18(21(33-22)32-11(2)3)13-6-7-15(23)16(24)8-13/h6-11H,5H2,1-4H3,(H,30,31). The molecule has 0 aliphatic heterocycles. The van der Waals surface area contributed by atoms with Gasteiger partial charge < -0.3 is 5.11 Å². The second-order valence-electron chi connectivity index (χ2n) is 7.54. The van der Waals surface area contributed by atoms with Crippen LogP contribution in [0.4, 0.5) is 0 Å². The fraction of sp³-hybridized carbons (Fsp3) is 0.273. The van der Waals surface area contributed by atoms with Gasteiger partial charge in [0.2, 0.25) is 5.13 Å². The molecule has 0 spiro atoms. The molecule has 0 fully saturated rings. The third-order valence-electron chi connectivity index (χ3n) is 4.81. The van der Waals surface area contributed by atoms with E-state index in [4.69, 9.17) is 28.2 Å². The van der Waals surface area contributed by atoms with Crippen LogP contribution in [0.2, 0.25) is 10.0 Å². The Morgan fingerprint density at radius 1 is 1.24 bits per heavy atom. The Kier molecular flexibility index (Phi) is 6.86. The number of thiazole rings is 1. The van der Waals surface area contributed by atoms with Crippen LogP contribution >= 0.6 is 46.3 Å². The first-order valence-corrected chi connectivity index (χ1v) is 12.6. The Balaban J connectivity index is 1.90. The maximum absolute atomic E-state index is 12.4. The van der Waals surface area contributed by atoms with E-state index in [1.165, 1.54) is 16.0 Å². The number of benzene rings is 1. The summed E-state index contributed by atoms with van der Waals surface area (Å²) >= 11 is 15.4. The summed E-state index contributed by atoms with van der Waals surface area (Å²) in [5.41, 5.74) is 3.41. The van der Waals surface area contributed by atoms with Crippen molar-refractivity contribution in [1.82, 2.24) is 24.5 Å². The highest BCUT2D eigenvalue weighted by Gasteiger charge is 2.27. The summed E-state index contributed by atoms with van der Waals surface area (Å²) in [5.74, 6) is -1.08. The summed E-state index contributed by atoms with van der Waals surface area (Å²) in [6, 6.07) is 5.35. The molecule has 0 unspecified atom stereocenters. The molecule has 172 valence electrons. The van der Waals surface area contributed by atoms with Crippen molar-refractivity contribution >= 4 is 52.3 Å². The van der Waals surface area contributed by atoms with Crippen LogP contribution < -0.4 is 0 Å². The van der Waals surface area contributed by atoms with Gasteiger partial charge in [-0.2, -0.15) is 14.9 Å². The molecule has 1 aromatic carbocycles. The number of thioether (sulfide) groups is 1. The molecule has 0 saturated carbocycles. The van der Waals surface area contributed by atoms with Crippen LogP contribution in [-0.4, -0.2) is 40.9 Å². The van der Waals surface area contributed by atoms with Gasteiger partial charge in [0.15, 0.2) is 5.69 Å². The van der Waals surface area contributed by atoms with Crippen molar-refractivity contribution in [2.24, 2.45) is 0 Å². The van der Waals surface area contributed by atoms with Gasteiger partial charge in [0.25, 0.3) is 0 Å². The quantitative estimate of drug-likeness (QED) is 0.272. The van der Waals surface area contributed by atoms with E-state index < -0.39 is 5.97 Å². The minimum absolute atomic E-state index is 0.0543. The number of hydrogen-bond acceptors (Lipinski definition) is 6. The van der Waals surface area contributed by atoms with E-state index >= 15 is 0 Å². The zero-order chi connectivity index (χ0) is 23.9. The number of carbonyl (C=O) groups is 1. The van der Waals surface area contributed by atoms with Crippen molar-refractivity contribution in [1.29, 1.82) is 0 Å². The Morgan fingerprint density at radius 3 is 2.61 bits per heavy atom. The predicted molar refractivity (Wildman–Crippen MR) is 134 cm³/mol. The third kappa shape index (κ3) is 4.68. The highest BCUT2D eigenvalue weighted by molar-refractivity contribution is 8.01. The van der Waals surface area contributed by atoms with Gasteiger partial charge in [-0.1, -0.05) is 54.5 Å². The van der Waals surface area contributed by atoms with Crippen LogP contribution in [0.3, 0.4) is 0 Å². The summed E-state index contributed by atoms with van der Waals surface area (Å²) in [6.45, 7) is 8.63. The van der Waals surface area contributed by atoms with Crippen molar-refractivity contribution in [2.45, 2.75) is 43.7 Å². The lowest BCUT2D eigenvalue weighted by Gasteiger charge is -2.05. The molecule has 0 aliphatic carbocycles. The number of hydrogen-bond donors (Lipinski definition) is 1. The minimum Gasteiger partial charge on any atom is -0.476 e. The summed E-state index contributed by atoms with van der Waals surface area (Å²) in [4.78, 5) is 17.2. The molecule has 0 aliphatic rings. The monoisotopic (exact) mass is 521 g/mol. The number of carboxylic acid groups (broad SMARTS) is 1. The van der Waals surface area contributed by atoms with Gasteiger partial charge in [0.05, 0.1) is 31.8 Å². The molecule has 0 saturated heterocycles. The topological polar surface area (TPSA) is 85.8 Å². The first kappa shape index (κ1) is 23.8. The van der Waals surface area contributed by atoms with E-state index in [2.05, 4.69) is 24.0 Å². The molecular weight excluding hydrogens is 501 g/mol. The molecule has 1 N–H and O–H groups in total. The summed E-state index contributed by atoms with van der Waals surface area (Å²) in [7, 11) is 0. The van der Waals surface area contributed by atoms with Crippen molar-refractivity contribution < 1.29 is 9.90 Å². The van der Waals surface area contributed by atoms with E-state index in [0.29, 0.717) is 43.8 Å². The molecule has 11 heteroatoms. The van der Waals surface area contributed by atoms with Crippen LogP contribution in [-0.2, 0) is 6.54 Å². The van der Waals surface area contributed by atoms with Gasteiger partial charge in [0, 0.05) is 34.7 Å². The first-order valence-electron chi connectivity index (χ1n) is 10.2. The summed E-state index contributed by atoms with van der Waals surface area (Å²) in [5, 5.41) is 20.6. The van der Waals surface area contributed by atoms with Crippen LogP contribution in [0.25, 0.3) is 27.5 Å². The first-order chi connectivity index (χ1) is 15.7. The molecular formula is C22H21Cl2N5O2S2. The lowest BCUT2D eigenvalue weighted by atomic mass is 10.1. The number of aryl methyl sites for hydroxylation is 2. The smallest absolute Gasteiger partial charge is 0.355 e. The maximum Gasteiger partial charge on any atom is 0.355 e. The minimum atomic E-state index is -1.08. The zero-order valence-corrected chi connectivity index (χ0v) is 21.5. The van der Waals surface area contributed by atoms with Crippen molar-refractivity contribution in [3.05, 3.63) is 52.0 Å². The van der Waals surface area contributed by atoms with E-state index in [9.17, 15) is 9.90 Å². The number of nitrogens with zero attached hydrogens (tertiary/aromatic N) is 5. The summed E-state index contributed by atoms with van der Waals surface area (Å²) < 4.78 is 4.11. The normalized spacial score (nSPS) is 11.5. The molecule has 0 bridgehead atoms. The third-order valence-corrected chi connectivity index (χ3v) is 7.79. The molecule has 0 amide bonds. The molecule has 7 nitrogen and oxygen atoms in total. The van der Waals surface area contributed by atoms with E-state index in [-0.39, 0.29) is 5.69 Å². The van der Waals surface area contributed by atoms with Crippen LogP contribution in [0.15, 0.2) is 34.8 Å². The van der Waals surface area contributed by atoms with Crippen LogP contribution in [0.1, 0.15) is 37.0 Å². The summed E-state index contributed by atoms with van der Waals surface area (Å²) in [6.07, 6.45) is 3.48. The lowest BCUT2D eigenvalue weighted by molar-refractivity contribution is 0.0688. The van der Waals surface area contributed by atoms with Crippen LogP contribution in [0, 0.1) is 6.92 Å². The Morgan fingerprint density at radius 2 is 2.00 bits per heavy atom. The Hall–Kier alpha value is -2.33. The number of rotatable bonds is 7. The highest BCUT2D eigenvalue weighted by atomic mass is 35.5. The second kappa shape index (κ2) is 9.50. The fourth-order valence-electron chi connectivity index (χ4n) is 3.38. The molecule has 0 atom stereocenters. The Labute approximate surface area is 209 Å². The van der Waals surface area contributed by atoms with Crippen molar-refractivity contribution in [3.63, 3.8) is 0 Å².